The molecule has 138 valence electrons. The highest BCUT2D eigenvalue weighted by Gasteiger charge is 2.15. The van der Waals surface area contributed by atoms with Gasteiger partial charge in [-0.15, -0.1) is 10.2 Å². The molecule has 8 heteroatoms. The second-order valence-corrected chi connectivity index (χ2v) is 5.43. The number of amides is 1. The van der Waals surface area contributed by atoms with Gasteiger partial charge in [-0.1, -0.05) is 18.7 Å². The lowest BCUT2D eigenvalue weighted by Gasteiger charge is -2.07. The van der Waals surface area contributed by atoms with Crippen molar-refractivity contribution in [2.75, 3.05) is 5.32 Å². The molecular formula is C19H17N3O5. The molecule has 0 aliphatic heterocycles. The summed E-state index contributed by atoms with van der Waals surface area (Å²) in [4.78, 5) is 23.5. The molecule has 0 radical (unpaired) electrons. The molecule has 2 rings (SSSR count). The van der Waals surface area contributed by atoms with E-state index in [9.17, 15) is 19.8 Å². The number of allylic oxidation sites excluding steroid dienone is 1. The van der Waals surface area contributed by atoms with Gasteiger partial charge in [-0.2, -0.15) is 0 Å². The van der Waals surface area contributed by atoms with Gasteiger partial charge in [0.1, 0.15) is 17.2 Å². The molecule has 0 bridgehead atoms. The first-order valence-electron chi connectivity index (χ1n) is 7.73. The number of carboxylic acid groups (broad SMARTS) is 1. The number of azo groups is 1. The number of rotatable bonds is 6. The summed E-state index contributed by atoms with van der Waals surface area (Å²) in [5, 5.41) is 38.2. The van der Waals surface area contributed by atoms with Gasteiger partial charge in [0.25, 0.3) is 5.91 Å². The van der Waals surface area contributed by atoms with Crippen molar-refractivity contribution >= 4 is 29.0 Å². The molecule has 0 saturated heterocycles. The van der Waals surface area contributed by atoms with E-state index < -0.39 is 11.9 Å². The Morgan fingerprint density at radius 3 is 2.19 bits per heavy atom. The summed E-state index contributed by atoms with van der Waals surface area (Å²) in [6, 6.07) is 12.1. The van der Waals surface area contributed by atoms with Crippen LogP contribution >= 0.6 is 0 Å². The van der Waals surface area contributed by atoms with Crippen molar-refractivity contribution in [1.82, 2.24) is 0 Å². The molecule has 0 aliphatic carbocycles. The molecule has 0 aliphatic rings. The molecule has 0 atom stereocenters. The number of carbonyl (C=O) groups excluding carboxylic acids is 1. The Hall–Kier alpha value is -3.94. The zero-order chi connectivity index (χ0) is 20.0. The van der Waals surface area contributed by atoms with E-state index in [-0.39, 0.29) is 28.5 Å². The van der Waals surface area contributed by atoms with E-state index in [1.165, 1.54) is 37.3 Å². The highest BCUT2D eigenvalue weighted by molar-refractivity contribution is 6.03. The van der Waals surface area contributed by atoms with E-state index in [4.69, 9.17) is 5.11 Å². The summed E-state index contributed by atoms with van der Waals surface area (Å²) >= 11 is 0. The first-order valence-corrected chi connectivity index (χ1v) is 7.73. The van der Waals surface area contributed by atoms with Crippen LogP contribution in [0.4, 0.5) is 11.4 Å². The maximum Gasteiger partial charge on any atom is 0.337 e. The standard InChI is InChI=1S/C19H17N3O5/c1-11(23)13-7-9-14(10-8-13)20-18(25)17(12(2)24)22-21-16-6-4-3-5-15(16)19(26)27/h3-10,23-24H,1H2,2H3,(H,20,25)(H,26,27)/b17-12+,22-21?. The van der Waals surface area contributed by atoms with Crippen LogP contribution in [0.3, 0.4) is 0 Å². The summed E-state index contributed by atoms with van der Waals surface area (Å²) in [6.07, 6.45) is 0. The van der Waals surface area contributed by atoms with E-state index in [1.807, 2.05) is 0 Å². The lowest BCUT2D eigenvalue weighted by Crippen LogP contribution is -2.14. The fourth-order valence-corrected chi connectivity index (χ4v) is 2.06. The molecule has 0 saturated carbocycles. The average Bonchev–Trinajstić information content (AvgIpc) is 2.62. The highest BCUT2D eigenvalue weighted by Crippen LogP contribution is 2.21. The average molecular weight is 367 g/mol. The molecular weight excluding hydrogens is 350 g/mol. The smallest absolute Gasteiger partial charge is 0.337 e. The van der Waals surface area contributed by atoms with Crippen LogP contribution < -0.4 is 5.32 Å². The lowest BCUT2D eigenvalue weighted by molar-refractivity contribution is -0.113. The largest absolute Gasteiger partial charge is 0.510 e. The number of carboxylic acids is 1. The first kappa shape index (κ1) is 19.4. The third-order valence-electron chi connectivity index (χ3n) is 3.43. The van der Waals surface area contributed by atoms with E-state index in [0.717, 1.165) is 0 Å². The molecule has 27 heavy (non-hydrogen) atoms. The second-order valence-electron chi connectivity index (χ2n) is 5.43. The third kappa shape index (κ3) is 5.02. The molecule has 8 nitrogen and oxygen atoms in total. The Morgan fingerprint density at radius 2 is 1.63 bits per heavy atom. The van der Waals surface area contributed by atoms with Crippen LogP contribution in [-0.2, 0) is 4.79 Å². The van der Waals surface area contributed by atoms with Crippen molar-refractivity contribution in [3.8, 4) is 0 Å². The van der Waals surface area contributed by atoms with Gasteiger partial charge in [0.05, 0.1) is 5.56 Å². The van der Waals surface area contributed by atoms with Crippen molar-refractivity contribution in [3.05, 3.63) is 77.7 Å². The predicted octanol–water partition coefficient (Wildman–Crippen LogP) is 4.43. The number of aliphatic hydroxyl groups excluding tert-OH is 2. The number of nitrogens with zero attached hydrogens (tertiary/aromatic N) is 2. The van der Waals surface area contributed by atoms with Gasteiger partial charge in [-0.3, -0.25) is 4.79 Å². The zero-order valence-electron chi connectivity index (χ0n) is 14.4. The van der Waals surface area contributed by atoms with E-state index in [2.05, 4.69) is 22.1 Å². The monoisotopic (exact) mass is 367 g/mol. The van der Waals surface area contributed by atoms with E-state index >= 15 is 0 Å². The van der Waals surface area contributed by atoms with E-state index in [0.29, 0.717) is 11.3 Å². The number of nitrogens with one attached hydrogen (secondary N) is 1. The van der Waals surface area contributed by atoms with Gasteiger partial charge in [0, 0.05) is 11.3 Å². The highest BCUT2D eigenvalue weighted by atomic mass is 16.4. The zero-order valence-corrected chi connectivity index (χ0v) is 14.4. The van der Waals surface area contributed by atoms with Gasteiger partial charge in [0.2, 0.25) is 0 Å². The van der Waals surface area contributed by atoms with Crippen molar-refractivity contribution in [2.24, 2.45) is 10.2 Å². The van der Waals surface area contributed by atoms with Gasteiger partial charge in [-0.05, 0) is 43.3 Å². The van der Waals surface area contributed by atoms with Crippen LogP contribution in [0.15, 0.2) is 76.8 Å². The normalized spacial score (nSPS) is 11.7. The van der Waals surface area contributed by atoms with Crippen molar-refractivity contribution in [1.29, 1.82) is 0 Å². The molecule has 0 heterocycles. The van der Waals surface area contributed by atoms with Gasteiger partial charge in [-0.25, -0.2) is 4.79 Å². The van der Waals surface area contributed by atoms with Gasteiger partial charge < -0.3 is 20.6 Å². The van der Waals surface area contributed by atoms with Gasteiger partial charge >= 0.3 is 5.97 Å². The number of hydrogen-bond donors (Lipinski definition) is 4. The minimum atomic E-state index is -1.19. The number of hydrogen-bond acceptors (Lipinski definition) is 6. The van der Waals surface area contributed by atoms with Crippen molar-refractivity contribution in [2.45, 2.75) is 6.92 Å². The molecule has 0 spiro atoms. The van der Waals surface area contributed by atoms with Gasteiger partial charge in [0.15, 0.2) is 5.70 Å². The van der Waals surface area contributed by atoms with Crippen LogP contribution in [0.25, 0.3) is 5.76 Å². The molecule has 1 amide bonds. The minimum absolute atomic E-state index is 0.0439. The number of carbonyl (C=O) groups is 2. The molecule has 2 aromatic rings. The molecule has 2 aromatic carbocycles. The Balaban J connectivity index is 2.23. The van der Waals surface area contributed by atoms with Crippen LogP contribution in [0.1, 0.15) is 22.8 Å². The molecule has 0 unspecified atom stereocenters. The minimum Gasteiger partial charge on any atom is -0.510 e. The molecule has 0 aromatic heterocycles. The van der Waals surface area contributed by atoms with Crippen LogP contribution in [0.5, 0.6) is 0 Å². The summed E-state index contributed by atoms with van der Waals surface area (Å²) in [5.74, 6) is -2.41. The summed E-state index contributed by atoms with van der Waals surface area (Å²) in [5.41, 5.74) is 0.474. The van der Waals surface area contributed by atoms with Crippen molar-refractivity contribution < 1.29 is 24.9 Å². The Labute approximate surface area is 154 Å². The fraction of sp³-hybridized carbons (Fsp3) is 0.0526. The Morgan fingerprint density at radius 1 is 1.00 bits per heavy atom. The number of benzene rings is 2. The Kier molecular flexibility index (Phi) is 6.06. The fourth-order valence-electron chi connectivity index (χ4n) is 2.06. The summed E-state index contributed by atoms with van der Waals surface area (Å²) in [7, 11) is 0. The molecule has 0 fully saturated rings. The maximum absolute atomic E-state index is 12.3. The number of aromatic carboxylic acids is 1. The summed E-state index contributed by atoms with van der Waals surface area (Å²) < 4.78 is 0. The number of aliphatic hydroxyl groups is 2. The number of anilines is 1. The van der Waals surface area contributed by atoms with Crippen LogP contribution in [-0.4, -0.2) is 27.2 Å². The van der Waals surface area contributed by atoms with E-state index in [1.54, 1.807) is 18.2 Å². The summed E-state index contributed by atoms with van der Waals surface area (Å²) in [6.45, 7) is 4.66. The SMILES string of the molecule is C=C(O)c1ccc(NC(=O)/C(N=Nc2ccccc2C(=O)O)=C(/C)O)cc1. The second kappa shape index (κ2) is 8.43. The van der Waals surface area contributed by atoms with Crippen LogP contribution in [0.2, 0.25) is 0 Å². The molecule has 4 N–H and O–H groups in total. The topological polar surface area (TPSA) is 132 Å². The first-order chi connectivity index (χ1) is 12.8. The lowest BCUT2D eigenvalue weighted by atomic mass is 10.2. The maximum atomic E-state index is 12.3. The van der Waals surface area contributed by atoms with Crippen LogP contribution in [0, 0.1) is 0 Å². The predicted molar refractivity (Wildman–Crippen MR) is 100.0 cm³/mol. The third-order valence-corrected chi connectivity index (χ3v) is 3.43. The van der Waals surface area contributed by atoms with Crippen molar-refractivity contribution in [3.63, 3.8) is 0 Å². The quantitative estimate of drug-likeness (QED) is 0.341. The Bertz CT molecular complexity index is 942.